The van der Waals surface area contributed by atoms with Crippen LogP contribution in [0.3, 0.4) is 0 Å². The summed E-state index contributed by atoms with van der Waals surface area (Å²) in [5.74, 6) is 0.927. The second-order valence-corrected chi connectivity index (χ2v) is 9.60. The van der Waals surface area contributed by atoms with Crippen LogP contribution in [0.2, 0.25) is 0 Å². The molecular weight excluding hydrogens is 398 g/mol. The van der Waals surface area contributed by atoms with E-state index in [1.54, 1.807) is 0 Å². The number of ether oxygens (including phenoxy) is 1. The van der Waals surface area contributed by atoms with Gasteiger partial charge in [0.25, 0.3) is 0 Å². The summed E-state index contributed by atoms with van der Waals surface area (Å²) in [4.78, 5) is 9.82. The fourth-order valence-electron chi connectivity index (χ4n) is 4.87. The molecule has 1 heterocycles. The second-order valence-electron chi connectivity index (χ2n) is 9.60. The molecule has 2 aliphatic rings. The lowest BCUT2D eigenvalue weighted by molar-refractivity contribution is 0.105. The van der Waals surface area contributed by atoms with Gasteiger partial charge in [-0.1, -0.05) is 37.1 Å². The number of guanidine groups is 1. The quantitative estimate of drug-likeness (QED) is 0.312. The van der Waals surface area contributed by atoms with E-state index in [-0.39, 0.29) is 0 Å². The van der Waals surface area contributed by atoms with E-state index in [4.69, 9.17) is 9.73 Å². The number of nitrogens with one attached hydrogen (secondary N) is 2. The van der Waals surface area contributed by atoms with Gasteiger partial charge in [0.2, 0.25) is 0 Å². The fourth-order valence-corrected chi connectivity index (χ4v) is 4.87. The van der Waals surface area contributed by atoms with Crippen molar-refractivity contribution in [3.63, 3.8) is 0 Å². The Labute approximate surface area is 195 Å². The van der Waals surface area contributed by atoms with Crippen molar-refractivity contribution in [3.05, 3.63) is 35.4 Å². The van der Waals surface area contributed by atoms with Gasteiger partial charge in [-0.05, 0) is 56.7 Å². The lowest BCUT2D eigenvalue weighted by atomic mass is 9.83. The molecule has 3 rings (SSSR count). The summed E-state index contributed by atoms with van der Waals surface area (Å²) in [5.41, 5.74) is 3.01. The molecule has 0 bridgehead atoms. The first kappa shape index (κ1) is 25.0. The largest absolute Gasteiger partial charge is 0.382 e. The molecule has 6 nitrogen and oxygen atoms in total. The highest BCUT2D eigenvalue weighted by Crippen LogP contribution is 2.40. The number of piperazine rings is 1. The molecule has 2 fully saturated rings. The van der Waals surface area contributed by atoms with Crippen LogP contribution >= 0.6 is 0 Å². The van der Waals surface area contributed by atoms with Gasteiger partial charge < -0.3 is 20.3 Å². The van der Waals surface area contributed by atoms with Crippen molar-refractivity contribution >= 4 is 5.96 Å². The van der Waals surface area contributed by atoms with Crippen LogP contribution in [-0.4, -0.2) is 75.3 Å². The molecule has 1 aromatic carbocycles. The maximum Gasteiger partial charge on any atom is 0.191 e. The molecule has 180 valence electrons. The summed E-state index contributed by atoms with van der Waals surface area (Å²) < 4.78 is 5.66. The Bertz CT molecular complexity index is 676. The molecule has 0 amide bonds. The molecule has 1 saturated carbocycles. The monoisotopic (exact) mass is 443 g/mol. The molecule has 0 radical (unpaired) electrons. The van der Waals surface area contributed by atoms with Crippen molar-refractivity contribution < 1.29 is 4.74 Å². The zero-order valence-corrected chi connectivity index (χ0v) is 20.7. The van der Waals surface area contributed by atoms with E-state index in [9.17, 15) is 0 Å². The molecular formula is C26H45N5O. The minimum absolute atomic E-state index is 0.357. The van der Waals surface area contributed by atoms with Gasteiger partial charge in [0, 0.05) is 59.0 Å². The number of benzene rings is 1. The summed E-state index contributed by atoms with van der Waals surface area (Å²) in [5, 5.41) is 7.07. The van der Waals surface area contributed by atoms with E-state index in [1.807, 2.05) is 0 Å². The minimum atomic E-state index is 0.357. The van der Waals surface area contributed by atoms with Crippen molar-refractivity contribution in [3.8, 4) is 0 Å². The number of hydrogen-bond acceptors (Lipinski definition) is 4. The van der Waals surface area contributed by atoms with E-state index in [1.165, 1.54) is 49.9 Å². The van der Waals surface area contributed by atoms with Gasteiger partial charge in [-0.25, -0.2) is 4.99 Å². The Morgan fingerprint density at radius 3 is 2.34 bits per heavy atom. The maximum atomic E-state index is 5.66. The van der Waals surface area contributed by atoms with Gasteiger partial charge in [0.05, 0.1) is 6.54 Å². The van der Waals surface area contributed by atoms with Crippen LogP contribution in [-0.2, 0) is 17.8 Å². The van der Waals surface area contributed by atoms with Crippen molar-refractivity contribution in [1.82, 2.24) is 20.4 Å². The first-order valence-corrected chi connectivity index (χ1v) is 12.7. The molecule has 1 saturated heterocycles. The van der Waals surface area contributed by atoms with E-state index >= 15 is 0 Å². The fraction of sp³-hybridized carbons (Fsp3) is 0.731. The van der Waals surface area contributed by atoms with E-state index < -0.39 is 0 Å². The molecule has 0 atom stereocenters. The normalized spacial score (nSPS) is 19.9. The average molecular weight is 444 g/mol. The first-order chi connectivity index (χ1) is 15.6. The number of likely N-dealkylation sites (N-methyl/N-ethyl adjacent to an activating group) is 1. The molecule has 6 heteroatoms. The maximum absolute atomic E-state index is 5.66. The average Bonchev–Trinajstić information content (AvgIpc) is 3.27. The van der Waals surface area contributed by atoms with Gasteiger partial charge in [-0.2, -0.15) is 0 Å². The summed E-state index contributed by atoms with van der Waals surface area (Å²) >= 11 is 0. The molecule has 0 unspecified atom stereocenters. The Hall–Kier alpha value is -1.63. The van der Waals surface area contributed by atoms with Gasteiger partial charge in [-0.15, -0.1) is 0 Å². The van der Waals surface area contributed by atoms with E-state index in [0.29, 0.717) is 12.0 Å². The topological polar surface area (TPSA) is 52.1 Å². The van der Waals surface area contributed by atoms with Crippen LogP contribution in [0.5, 0.6) is 0 Å². The number of nitrogens with zero attached hydrogens (tertiary/aromatic N) is 3. The zero-order chi connectivity index (χ0) is 22.7. The zero-order valence-electron chi connectivity index (χ0n) is 20.7. The highest BCUT2D eigenvalue weighted by molar-refractivity contribution is 5.79. The van der Waals surface area contributed by atoms with Crippen LogP contribution in [0.4, 0.5) is 0 Å². The standard InChI is InChI=1S/C26H45N5O/c1-4-27-25(29-22-26(12-6-7-13-26)14-19-32-5-2)28-20-23-8-10-24(11-9-23)21-31-17-15-30(3)16-18-31/h8-11H,4-7,12-22H2,1-3H3,(H2,27,28,29). The van der Waals surface area contributed by atoms with Crippen molar-refractivity contribution in [1.29, 1.82) is 0 Å². The van der Waals surface area contributed by atoms with Gasteiger partial charge in [0.1, 0.15) is 0 Å². The molecule has 32 heavy (non-hydrogen) atoms. The van der Waals surface area contributed by atoms with Crippen LogP contribution in [0, 0.1) is 5.41 Å². The Kier molecular flexibility index (Phi) is 10.3. The van der Waals surface area contributed by atoms with Crippen molar-refractivity contribution in [2.24, 2.45) is 10.4 Å². The highest BCUT2D eigenvalue weighted by Gasteiger charge is 2.33. The minimum Gasteiger partial charge on any atom is -0.382 e. The third-order valence-corrected chi connectivity index (χ3v) is 7.06. The third-order valence-electron chi connectivity index (χ3n) is 7.06. The van der Waals surface area contributed by atoms with Crippen molar-refractivity contribution in [2.75, 3.05) is 59.5 Å². The van der Waals surface area contributed by atoms with Crippen LogP contribution in [0.25, 0.3) is 0 Å². The molecule has 0 spiro atoms. The van der Waals surface area contributed by atoms with Gasteiger partial charge in [0.15, 0.2) is 5.96 Å². The number of rotatable bonds is 11. The van der Waals surface area contributed by atoms with Crippen LogP contribution in [0.15, 0.2) is 29.3 Å². The molecule has 2 N–H and O–H groups in total. The lowest BCUT2D eigenvalue weighted by Crippen LogP contribution is -2.43. The lowest BCUT2D eigenvalue weighted by Gasteiger charge is -2.32. The molecule has 1 aliphatic carbocycles. The highest BCUT2D eigenvalue weighted by atomic mass is 16.5. The smallest absolute Gasteiger partial charge is 0.191 e. The summed E-state index contributed by atoms with van der Waals surface area (Å²) in [7, 11) is 2.21. The van der Waals surface area contributed by atoms with E-state index in [0.717, 1.165) is 58.3 Å². The first-order valence-electron chi connectivity index (χ1n) is 12.7. The predicted octanol–water partition coefficient (Wildman–Crippen LogP) is 3.48. The van der Waals surface area contributed by atoms with Crippen LogP contribution in [0.1, 0.15) is 57.1 Å². The Balaban J connectivity index is 1.50. The Morgan fingerprint density at radius 1 is 1.00 bits per heavy atom. The van der Waals surface area contributed by atoms with Gasteiger partial charge in [-0.3, -0.25) is 4.90 Å². The summed E-state index contributed by atoms with van der Waals surface area (Å²) in [6, 6.07) is 9.01. The molecule has 1 aromatic rings. The molecule has 1 aliphatic heterocycles. The SMILES string of the molecule is CCNC(=NCc1ccc(CN2CCN(C)CC2)cc1)NCC1(CCOCC)CCCC1. The number of hydrogen-bond donors (Lipinski definition) is 2. The molecule has 0 aromatic heterocycles. The Morgan fingerprint density at radius 2 is 1.69 bits per heavy atom. The second kappa shape index (κ2) is 13.2. The number of aliphatic imine (C=N–C) groups is 1. The third kappa shape index (κ3) is 8.05. The summed E-state index contributed by atoms with van der Waals surface area (Å²) in [6.07, 6.45) is 6.40. The van der Waals surface area contributed by atoms with Gasteiger partial charge >= 0.3 is 0 Å². The summed E-state index contributed by atoms with van der Waals surface area (Å²) in [6.45, 7) is 14.1. The predicted molar refractivity (Wildman–Crippen MR) is 134 cm³/mol. The van der Waals surface area contributed by atoms with E-state index in [2.05, 4.69) is 65.6 Å². The van der Waals surface area contributed by atoms with Crippen molar-refractivity contribution in [2.45, 2.75) is 59.0 Å². The van der Waals surface area contributed by atoms with Crippen LogP contribution < -0.4 is 10.6 Å².